The number of benzene rings is 2. The van der Waals surface area contributed by atoms with Crippen molar-refractivity contribution >= 4 is 11.6 Å². The van der Waals surface area contributed by atoms with Gasteiger partial charge in [0.25, 0.3) is 0 Å². The number of methoxy groups -OCH3 is 1. The van der Waals surface area contributed by atoms with Gasteiger partial charge >= 0.3 is 0 Å². The van der Waals surface area contributed by atoms with Crippen LogP contribution in [0.5, 0.6) is 5.75 Å². The summed E-state index contributed by atoms with van der Waals surface area (Å²) < 4.78 is 10.6. The average Bonchev–Trinajstić information content (AvgIpc) is 3.21. The van der Waals surface area contributed by atoms with Crippen LogP contribution in [0, 0.1) is 0 Å². The van der Waals surface area contributed by atoms with Crippen molar-refractivity contribution in [3.63, 3.8) is 0 Å². The zero-order valence-corrected chi connectivity index (χ0v) is 17.5. The minimum atomic E-state index is 0.643. The lowest BCUT2D eigenvalue weighted by molar-refractivity contribution is 0.211. The number of guanidine groups is 1. The summed E-state index contributed by atoms with van der Waals surface area (Å²) in [7, 11) is 1.71. The summed E-state index contributed by atoms with van der Waals surface area (Å²) in [6.45, 7) is 6.71. The van der Waals surface area contributed by atoms with E-state index in [1.807, 2.05) is 0 Å². The van der Waals surface area contributed by atoms with Gasteiger partial charge in [0.15, 0.2) is 5.96 Å². The van der Waals surface area contributed by atoms with E-state index in [-0.39, 0.29) is 0 Å². The van der Waals surface area contributed by atoms with E-state index in [9.17, 15) is 0 Å². The number of nitrogens with zero attached hydrogens (tertiary/aromatic N) is 1. The number of fused-ring (bicyclic) bond motifs is 1. The molecule has 2 aromatic rings. The van der Waals surface area contributed by atoms with Crippen molar-refractivity contribution in [2.45, 2.75) is 26.3 Å². The Hall–Kier alpha value is -2.73. The molecule has 0 spiro atoms. The van der Waals surface area contributed by atoms with E-state index in [0.717, 1.165) is 56.5 Å². The summed E-state index contributed by atoms with van der Waals surface area (Å²) in [4.78, 5) is 4.71. The van der Waals surface area contributed by atoms with Crippen LogP contribution in [0.25, 0.3) is 0 Å². The Morgan fingerprint density at radius 2 is 1.90 bits per heavy atom. The zero-order chi connectivity index (χ0) is 20.3. The molecular formula is C23H32N4O2. The molecule has 0 unspecified atom stereocenters. The summed E-state index contributed by atoms with van der Waals surface area (Å²) in [6, 6.07) is 14.9. The fourth-order valence-corrected chi connectivity index (χ4v) is 3.26. The van der Waals surface area contributed by atoms with Gasteiger partial charge in [0.05, 0.1) is 19.8 Å². The fourth-order valence-electron chi connectivity index (χ4n) is 3.26. The highest BCUT2D eigenvalue weighted by atomic mass is 16.5. The number of hydrogen-bond donors (Lipinski definition) is 3. The first-order valence-corrected chi connectivity index (χ1v) is 10.4. The first kappa shape index (κ1) is 21.0. The number of anilines is 1. The largest absolute Gasteiger partial charge is 0.493 e. The Morgan fingerprint density at radius 3 is 2.69 bits per heavy atom. The van der Waals surface area contributed by atoms with Gasteiger partial charge in [-0.05, 0) is 48.2 Å². The zero-order valence-electron chi connectivity index (χ0n) is 17.5. The van der Waals surface area contributed by atoms with Gasteiger partial charge in [-0.25, -0.2) is 4.99 Å². The van der Waals surface area contributed by atoms with Gasteiger partial charge in [0, 0.05) is 38.9 Å². The molecule has 3 rings (SSSR count). The van der Waals surface area contributed by atoms with Crippen molar-refractivity contribution in [1.29, 1.82) is 0 Å². The van der Waals surface area contributed by atoms with Crippen LogP contribution in [-0.2, 0) is 24.1 Å². The Bertz CT molecular complexity index is 790. The van der Waals surface area contributed by atoms with E-state index in [0.29, 0.717) is 13.2 Å². The summed E-state index contributed by atoms with van der Waals surface area (Å²) >= 11 is 0. The lowest BCUT2D eigenvalue weighted by Crippen LogP contribution is -2.38. The summed E-state index contributed by atoms with van der Waals surface area (Å²) in [5.74, 6) is 1.89. The van der Waals surface area contributed by atoms with Gasteiger partial charge in [0.1, 0.15) is 5.75 Å². The van der Waals surface area contributed by atoms with Crippen LogP contribution in [0.1, 0.15) is 23.6 Å². The van der Waals surface area contributed by atoms with Crippen molar-refractivity contribution in [2.24, 2.45) is 4.99 Å². The van der Waals surface area contributed by atoms with E-state index >= 15 is 0 Å². The molecule has 0 saturated heterocycles. The molecular weight excluding hydrogens is 364 g/mol. The second-order valence-corrected chi connectivity index (χ2v) is 7.03. The molecule has 0 radical (unpaired) electrons. The molecule has 1 heterocycles. The molecule has 29 heavy (non-hydrogen) atoms. The van der Waals surface area contributed by atoms with Gasteiger partial charge in [-0.2, -0.15) is 0 Å². The third-order valence-electron chi connectivity index (χ3n) is 4.81. The molecule has 156 valence electrons. The maximum absolute atomic E-state index is 5.58. The molecule has 1 aliphatic rings. The Kier molecular flexibility index (Phi) is 8.19. The van der Waals surface area contributed by atoms with Crippen LogP contribution in [0.2, 0.25) is 0 Å². The summed E-state index contributed by atoms with van der Waals surface area (Å²) in [6.07, 6.45) is 1.97. The summed E-state index contributed by atoms with van der Waals surface area (Å²) in [5, 5.41) is 10.1. The van der Waals surface area contributed by atoms with Crippen LogP contribution in [-0.4, -0.2) is 45.9 Å². The second-order valence-electron chi connectivity index (χ2n) is 7.03. The Balaban J connectivity index is 1.47. The topological polar surface area (TPSA) is 66.9 Å². The number of aliphatic imine (C=N–C) groups is 1. The minimum absolute atomic E-state index is 0.643. The van der Waals surface area contributed by atoms with Crippen LogP contribution in [0.4, 0.5) is 5.69 Å². The highest BCUT2D eigenvalue weighted by molar-refractivity contribution is 5.79. The highest BCUT2D eigenvalue weighted by Crippen LogP contribution is 2.25. The molecule has 1 aliphatic heterocycles. The number of ether oxygens (including phenoxy) is 2. The molecule has 0 fully saturated rings. The van der Waals surface area contributed by atoms with Gasteiger partial charge in [-0.3, -0.25) is 0 Å². The molecule has 0 bridgehead atoms. The molecule has 0 aliphatic carbocycles. The smallest absolute Gasteiger partial charge is 0.191 e. The third-order valence-corrected chi connectivity index (χ3v) is 4.81. The highest BCUT2D eigenvalue weighted by Gasteiger charge is 2.11. The molecule has 3 N–H and O–H groups in total. The van der Waals surface area contributed by atoms with Gasteiger partial charge in [-0.15, -0.1) is 0 Å². The predicted molar refractivity (Wildman–Crippen MR) is 119 cm³/mol. The first-order chi connectivity index (χ1) is 14.3. The number of hydrogen-bond acceptors (Lipinski definition) is 4. The maximum Gasteiger partial charge on any atom is 0.191 e. The lowest BCUT2D eigenvalue weighted by atomic mass is 10.1. The van der Waals surface area contributed by atoms with Crippen LogP contribution >= 0.6 is 0 Å². The Morgan fingerprint density at radius 1 is 1.07 bits per heavy atom. The lowest BCUT2D eigenvalue weighted by Gasteiger charge is -2.12. The van der Waals surface area contributed by atoms with Crippen molar-refractivity contribution in [3.8, 4) is 5.75 Å². The van der Waals surface area contributed by atoms with E-state index in [4.69, 9.17) is 14.5 Å². The molecule has 6 heteroatoms. The fraction of sp³-hybridized carbons (Fsp3) is 0.435. The standard InChI is InChI=1S/C23H32N4O2/c1-3-24-23(26-12-10-18-6-9-22-20(16-18)11-14-29-22)27-17-19-4-7-21(8-5-19)25-13-15-28-2/h4-9,16,25H,3,10-15,17H2,1-2H3,(H2,24,26,27). The third kappa shape index (κ3) is 6.68. The minimum Gasteiger partial charge on any atom is -0.493 e. The molecule has 2 aromatic carbocycles. The first-order valence-electron chi connectivity index (χ1n) is 10.4. The van der Waals surface area contributed by atoms with Crippen LogP contribution in [0.3, 0.4) is 0 Å². The molecule has 0 aromatic heterocycles. The SMILES string of the molecule is CCNC(=NCc1ccc(NCCOC)cc1)NCCc1ccc2c(c1)CCO2. The van der Waals surface area contributed by atoms with Crippen molar-refractivity contribution < 1.29 is 9.47 Å². The quantitative estimate of drug-likeness (QED) is 0.327. The Labute approximate surface area is 173 Å². The van der Waals surface area contributed by atoms with Gasteiger partial charge < -0.3 is 25.4 Å². The van der Waals surface area contributed by atoms with E-state index in [1.54, 1.807) is 7.11 Å². The van der Waals surface area contributed by atoms with Gasteiger partial charge in [-0.1, -0.05) is 24.3 Å². The summed E-state index contributed by atoms with van der Waals surface area (Å²) in [5.41, 5.74) is 4.93. The van der Waals surface area contributed by atoms with Crippen molar-refractivity contribution in [1.82, 2.24) is 10.6 Å². The molecule has 0 atom stereocenters. The van der Waals surface area contributed by atoms with Gasteiger partial charge in [0.2, 0.25) is 0 Å². The van der Waals surface area contributed by atoms with Crippen molar-refractivity contribution in [2.75, 3.05) is 45.3 Å². The van der Waals surface area contributed by atoms with E-state index in [1.165, 1.54) is 16.7 Å². The number of rotatable bonds is 10. The average molecular weight is 397 g/mol. The molecule has 6 nitrogen and oxygen atoms in total. The maximum atomic E-state index is 5.58. The van der Waals surface area contributed by atoms with Crippen molar-refractivity contribution in [3.05, 3.63) is 59.2 Å². The second kappa shape index (κ2) is 11.3. The molecule has 0 amide bonds. The predicted octanol–water partition coefficient (Wildman–Crippen LogP) is 2.98. The van der Waals surface area contributed by atoms with E-state index in [2.05, 4.69) is 65.3 Å². The molecule has 0 saturated carbocycles. The monoisotopic (exact) mass is 396 g/mol. The number of nitrogens with one attached hydrogen (secondary N) is 3. The van der Waals surface area contributed by atoms with Crippen LogP contribution in [0.15, 0.2) is 47.5 Å². The van der Waals surface area contributed by atoms with E-state index < -0.39 is 0 Å². The van der Waals surface area contributed by atoms with Crippen LogP contribution < -0.4 is 20.7 Å². The normalized spacial score (nSPS) is 13.0.